The SMILES string of the molecule is CCC1(C)CC(NC2CC3CCC2(C)C3(C)C)CCO1. The van der Waals surface area contributed by atoms with Gasteiger partial charge in [-0.2, -0.15) is 0 Å². The molecule has 3 fully saturated rings. The smallest absolute Gasteiger partial charge is 0.0666 e. The quantitative estimate of drug-likeness (QED) is 0.838. The molecule has 0 aromatic carbocycles. The average molecular weight is 279 g/mol. The van der Waals surface area contributed by atoms with E-state index in [4.69, 9.17) is 4.74 Å². The van der Waals surface area contributed by atoms with Crippen molar-refractivity contribution in [1.29, 1.82) is 0 Å². The van der Waals surface area contributed by atoms with E-state index in [-0.39, 0.29) is 5.60 Å². The molecule has 2 aliphatic carbocycles. The van der Waals surface area contributed by atoms with E-state index < -0.39 is 0 Å². The van der Waals surface area contributed by atoms with Gasteiger partial charge < -0.3 is 10.1 Å². The van der Waals surface area contributed by atoms with Crippen molar-refractivity contribution in [3.63, 3.8) is 0 Å². The van der Waals surface area contributed by atoms with Gasteiger partial charge in [0.2, 0.25) is 0 Å². The first-order valence-corrected chi connectivity index (χ1v) is 8.71. The summed E-state index contributed by atoms with van der Waals surface area (Å²) in [5.41, 5.74) is 1.12. The first-order valence-electron chi connectivity index (χ1n) is 8.71. The van der Waals surface area contributed by atoms with Crippen molar-refractivity contribution in [2.24, 2.45) is 16.7 Å². The molecule has 1 aliphatic heterocycles. The van der Waals surface area contributed by atoms with E-state index >= 15 is 0 Å². The highest BCUT2D eigenvalue weighted by Gasteiger charge is 2.61. The van der Waals surface area contributed by atoms with Crippen LogP contribution in [0.1, 0.15) is 73.1 Å². The minimum absolute atomic E-state index is 0.101. The first kappa shape index (κ1) is 14.8. The molecule has 5 unspecified atom stereocenters. The van der Waals surface area contributed by atoms with Crippen molar-refractivity contribution in [2.75, 3.05) is 6.61 Å². The van der Waals surface area contributed by atoms with Crippen molar-refractivity contribution < 1.29 is 4.74 Å². The predicted octanol–water partition coefficient (Wildman–Crippen LogP) is 4.14. The molecule has 5 atom stereocenters. The Morgan fingerprint density at radius 2 is 1.90 bits per heavy atom. The summed E-state index contributed by atoms with van der Waals surface area (Å²) in [4.78, 5) is 0. The lowest BCUT2D eigenvalue weighted by atomic mass is 9.69. The Morgan fingerprint density at radius 3 is 2.45 bits per heavy atom. The van der Waals surface area contributed by atoms with E-state index in [1.54, 1.807) is 0 Å². The molecular formula is C18H33NO. The summed E-state index contributed by atoms with van der Waals surface area (Å²) in [7, 11) is 0. The molecule has 1 N–H and O–H groups in total. The monoisotopic (exact) mass is 279 g/mol. The van der Waals surface area contributed by atoms with Gasteiger partial charge in [-0.1, -0.05) is 27.7 Å². The number of hydrogen-bond acceptors (Lipinski definition) is 2. The first-order chi connectivity index (χ1) is 9.31. The third kappa shape index (κ3) is 2.06. The van der Waals surface area contributed by atoms with Gasteiger partial charge in [0.05, 0.1) is 5.60 Å². The second kappa shape index (κ2) is 4.71. The Hall–Kier alpha value is -0.0800. The maximum absolute atomic E-state index is 6.00. The predicted molar refractivity (Wildman–Crippen MR) is 83.8 cm³/mol. The summed E-state index contributed by atoms with van der Waals surface area (Å²) < 4.78 is 6.00. The molecule has 2 nitrogen and oxygen atoms in total. The zero-order valence-electron chi connectivity index (χ0n) is 14.1. The molecule has 3 aliphatic rings. The van der Waals surface area contributed by atoms with Gasteiger partial charge in [0.15, 0.2) is 0 Å². The summed E-state index contributed by atoms with van der Waals surface area (Å²) >= 11 is 0. The molecule has 0 spiro atoms. The Bertz CT molecular complexity index is 380. The largest absolute Gasteiger partial charge is 0.375 e. The van der Waals surface area contributed by atoms with Crippen LogP contribution in [-0.2, 0) is 4.74 Å². The molecule has 2 heteroatoms. The maximum Gasteiger partial charge on any atom is 0.0666 e. The van der Waals surface area contributed by atoms with Gasteiger partial charge in [-0.25, -0.2) is 0 Å². The van der Waals surface area contributed by atoms with Gasteiger partial charge in [-0.15, -0.1) is 0 Å². The number of ether oxygens (including phenoxy) is 1. The summed E-state index contributed by atoms with van der Waals surface area (Å²) in [6, 6.07) is 1.38. The molecule has 1 heterocycles. The molecule has 0 aromatic rings. The molecule has 116 valence electrons. The lowest BCUT2D eigenvalue weighted by Gasteiger charge is -2.44. The number of rotatable bonds is 3. The van der Waals surface area contributed by atoms with E-state index in [1.165, 1.54) is 32.1 Å². The van der Waals surface area contributed by atoms with Crippen LogP contribution in [-0.4, -0.2) is 24.3 Å². The molecule has 20 heavy (non-hydrogen) atoms. The van der Waals surface area contributed by atoms with Crippen molar-refractivity contribution in [2.45, 2.75) is 90.8 Å². The highest BCUT2D eigenvalue weighted by atomic mass is 16.5. The van der Waals surface area contributed by atoms with Gasteiger partial charge in [0.25, 0.3) is 0 Å². The highest BCUT2D eigenvalue weighted by molar-refractivity contribution is 5.13. The standard InChI is InChI=1S/C18H33NO/c1-6-17(4)12-14(8-10-20-17)19-15-11-13-7-9-18(15,5)16(13,2)3/h13-15,19H,6-12H2,1-5H3. The van der Waals surface area contributed by atoms with Crippen molar-refractivity contribution in [1.82, 2.24) is 5.32 Å². The number of nitrogens with one attached hydrogen (secondary N) is 1. The highest BCUT2D eigenvalue weighted by Crippen LogP contribution is 2.65. The summed E-state index contributed by atoms with van der Waals surface area (Å²) in [6.07, 6.45) is 7.75. The third-order valence-electron chi connectivity index (χ3n) is 7.57. The van der Waals surface area contributed by atoms with Crippen molar-refractivity contribution >= 4 is 0 Å². The number of hydrogen-bond donors (Lipinski definition) is 1. The number of fused-ring (bicyclic) bond motifs is 2. The Morgan fingerprint density at radius 1 is 1.15 bits per heavy atom. The van der Waals surface area contributed by atoms with E-state index in [0.29, 0.717) is 16.9 Å². The van der Waals surface area contributed by atoms with E-state index in [1.807, 2.05) is 0 Å². The van der Waals surface area contributed by atoms with Crippen LogP contribution in [0.3, 0.4) is 0 Å². The zero-order chi connectivity index (χ0) is 14.6. The molecule has 0 amide bonds. The Labute approximate surface area is 125 Å². The molecule has 0 radical (unpaired) electrons. The normalized spacial score (nSPS) is 50.5. The van der Waals surface area contributed by atoms with Crippen LogP contribution in [0.4, 0.5) is 0 Å². The van der Waals surface area contributed by atoms with Crippen molar-refractivity contribution in [3.05, 3.63) is 0 Å². The topological polar surface area (TPSA) is 21.3 Å². The fourth-order valence-electron chi connectivity index (χ4n) is 5.26. The molecule has 3 rings (SSSR count). The summed E-state index contributed by atoms with van der Waals surface area (Å²) in [5.74, 6) is 0.933. The van der Waals surface area contributed by atoms with Gasteiger partial charge >= 0.3 is 0 Å². The van der Waals surface area contributed by atoms with Gasteiger partial charge in [-0.3, -0.25) is 0 Å². The van der Waals surface area contributed by atoms with Crippen LogP contribution in [0.5, 0.6) is 0 Å². The van der Waals surface area contributed by atoms with E-state index in [0.717, 1.165) is 25.0 Å². The third-order valence-corrected chi connectivity index (χ3v) is 7.57. The minimum atomic E-state index is 0.101. The fraction of sp³-hybridized carbons (Fsp3) is 1.00. The minimum Gasteiger partial charge on any atom is -0.375 e. The lowest BCUT2D eigenvalue weighted by molar-refractivity contribution is -0.0812. The van der Waals surface area contributed by atoms with Crippen LogP contribution in [0.2, 0.25) is 0 Å². The fourth-order valence-corrected chi connectivity index (χ4v) is 5.26. The van der Waals surface area contributed by atoms with Gasteiger partial charge in [0, 0.05) is 18.7 Å². The molecule has 1 saturated heterocycles. The van der Waals surface area contributed by atoms with Gasteiger partial charge in [-0.05, 0) is 62.2 Å². The molecule has 2 saturated carbocycles. The van der Waals surface area contributed by atoms with Crippen LogP contribution < -0.4 is 5.32 Å². The van der Waals surface area contributed by atoms with Crippen LogP contribution >= 0.6 is 0 Å². The second-order valence-electron chi connectivity index (χ2n) is 8.67. The molecular weight excluding hydrogens is 246 g/mol. The Kier molecular flexibility index (Phi) is 3.49. The van der Waals surface area contributed by atoms with E-state index in [9.17, 15) is 0 Å². The molecule has 2 bridgehead atoms. The van der Waals surface area contributed by atoms with Gasteiger partial charge in [0.1, 0.15) is 0 Å². The maximum atomic E-state index is 6.00. The van der Waals surface area contributed by atoms with E-state index in [2.05, 4.69) is 39.9 Å². The van der Waals surface area contributed by atoms with Crippen molar-refractivity contribution in [3.8, 4) is 0 Å². The van der Waals surface area contributed by atoms with Crippen LogP contribution in [0, 0.1) is 16.7 Å². The Balaban J connectivity index is 1.68. The second-order valence-corrected chi connectivity index (χ2v) is 8.67. The lowest BCUT2D eigenvalue weighted by Crippen LogP contribution is -2.53. The van der Waals surface area contributed by atoms with Crippen LogP contribution in [0.15, 0.2) is 0 Å². The average Bonchev–Trinajstić information content (AvgIpc) is 2.72. The summed E-state index contributed by atoms with van der Waals surface area (Å²) in [6.45, 7) is 13.0. The summed E-state index contributed by atoms with van der Waals surface area (Å²) in [5, 5.41) is 4.05. The van der Waals surface area contributed by atoms with Crippen LogP contribution in [0.25, 0.3) is 0 Å². The zero-order valence-corrected chi connectivity index (χ0v) is 14.1. The molecule has 0 aromatic heterocycles.